The van der Waals surface area contributed by atoms with Gasteiger partial charge in [0.2, 0.25) is 0 Å². The van der Waals surface area contributed by atoms with E-state index < -0.39 is 11.6 Å². The molecule has 3 nitrogen and oxygen atoms in total. The van der Waals surface area contributed by atoms with Gasteiger partial charge in [0.1, 0.15) is 0 Å². The number of rotatable bonds is 5. The van der Waals surface area contributed by atoms with E-state index in [1.54, 1.807) is 18.1 Å². The Kier molecular flexibility index (Phi) is 4.53. The fraction of sp³-hybridized carbons (Fsp3) is 0.200. The van der Waals surface area contributed by atoms with E-state index in [0.717, 1.165) is 17.8 Å². The molecule has 1 heterocycles. The number of halogens is 2. The van der Waals surface area contributed by atoms with Crippen LogP contribution in [0.1, 0.15) is 16.1 Å². The van der Waals surface area contributed by atoms with Crippen molar-refractivity contribution in [3.05, 3.63) is 65.5 Å². The Morgan fingerprint density at radius 1 is 1.20 bits per heavy atom. The van der Waals surface area contributed by atoms with Crippen molar-refractivity contribution < 1.29 is 13.6 Å². The minimum absolute atomic E-state index is 0.113. The van der Waals surface area contributed by atoms with Crippen LogP contribution >= 0.6 is 0 Å². The predicted octanol–water partition coefficient (Wildman–Crippen LogP) is 2.67. The number of hydrogen-bond donors (Lipinski definition) is 0. The molecular formula is C15H14F2N2O. The number of benzene rings is 1. The molecule has 2 rings (SSSR count). The summed E-state index contributed by atoms with van der Waals surface area (Å²) in [6.45, 7) is 0.623. The Bertz CT molecular complexity index is 602. The van der Waals surface area contributed by atoms with E-state index in [9.17, 15) is 13.6 Å². The van der Waals surface area contributed by atoms with Gasteiger partial charge < -0.3 is 0 Å². The Labute approximate surface area is 115 Å². The molecule has 0 fully saturated rings. The molecule has 1 aromatic carbocycles. The second kappa shape index (κ2) is 6.34. The third kappa shape index (κ3) is 3.68. The lowest BCUT2D eigenvalue weighted by Crippen LogP contribution is -2.26. The molecule has 104 valence electrons. The van der Waals surface area contributed by atoms with Crippen LogP contribution in [0.3, 0.4) is 0 Å². The molecule has 0 saturated carbocycles. The van der Waals surface area contributed by atoms with Crippen molar-refractivity contribution in [3.63, 3.8) is 0 Å². The lowest BCUT2D eigenvalue weighted by atomic mass is 10.1. The van der Waals surface area contributed by atoms with Gasteiger partial charge in [-0.2, -0.15) is 0 Å². The first-order valence-corrected chi connectivity index (χ1v) is 6.13. The first-order valence-electron chi connectivity index (χ1n) is 6.13. The number of carbonyl (C=O) groups is 1. The lowest BCUT2D eigenvalue weighted by Gasteiger charge is -2.15. The lowest BCUT2D eigenvalue weighted by molar-refractivity contribution is 0.0942. The molecule has 0 atom stereocenters. The molecule has 0 saturated heterocycles. The summed E-state index contributed by atoms with van der Waals surface area (Å²) in [7, 11) is 1.77. The van der Waals surface area contributed by atoms with Gasteiger partial charge in [-0.25, -0.2) is 8.78 Å². The highest BCUT2D eigenvalue weighted by Crippen LogP contribution is 2.10. The quantitative estimate of drug-likeness (QED) is 0.787. The zero-order valence-electron chi connectivity index (χ0n) is 11.0. The van der Waals surface area contributed by atoms with Gasteiger partial charge in [-0.15, -0.1) is 0 Å². The van der Waals surface area contributed by atoms with Gasteiger partial charge in [-0.05, 0) is 37.4 Å². The van der Waals surface area contributed by atoms with E-state index in [1.807, 2.05) is 18.2 Å². The molecule has 0 radical (unpaired) electrons. The van der Waals surface area contributed by atoms with Gasteiger partial charge >= 0.3 is 0 Å². The third-order valence-electron chi connectivity index (χ3n) is 2.81. The van der Waals surface area contributed by atoms with E-state index in [2.05, 4.69) is 4.98 Å². The zero-order chi connectivity index (χ0) is 14.5. The van der Waals surface area contributed by atoms with Crippen LogP contribution in [0.4, 0.5) is 8.78 Å². The van der Waals surface area contributed by atoms with Crippen LogP contribution in [0.25, 0.3) is 0 Å². The molecular weight excluding hydrogens is 262 g/mol. The number of pyridine rings is 1. The number of likely N-dealkylation sites (N-methyl/N-ethyl adjacent to an activating group) is 1. The SMILES string of the molecule is CN(CC(=O)c1ccc(F)c(F)c1)Cc1ccccn1. The summed E-state index contributed by atoms with van der Waals surface area (Å²) in [5.74, 6) is -2.23. The van der Waals surface area contributed by atoms with E-state index >= 15 is 0 Å². The maximum Gasteiger partial charge on any atom is 0.176 e. The van der Waals surface area contributed by atoms with Gasteiger partial charge in [0, 0.05) is 18.3 Å². The zero-order valence-corrected chi connectivity index (χ0v) is 11.0. The molecule has 0 bridgehead atoms. The summed E-state index contributed by atoms with van der Waals surface area (Å²) in [5, 5.41) is 0. The highest BCUT2D eigenvalue weighted by molar-refractivity contribution is 5.97. The topological polar surface area (TPSA) is 33.2 Å². The molecule has 2 aromatic rings. The Morgan fingerprint density at radius 3 is 2.65 bits per heavy atom. The Hall–Kier alpha value is -2.14. The monoisotopic (exact) mass is 276 g/mol. The maximum absolute atomic E-state index is 13.1. The summed E-state index contributed by atoms with van der Waals surface area (Å²) in [6.07, 6.45) is 1.68. The van der Waals surface area contributed by atoms with Gasteiger partial charge in [0.25, 0.3) is 0 Å². The average molecular weight is 276 g/mol. The molecule has 0 unspecified atom stereocenters. The number of aromatic nitrogens is 1. The standard InChI is InChI=1S/C15H14F2N2O/c1-19(9-12-4-2-3-7-18-12)10-15(20)11-5-6-13(16)14(17)8-11/h2-8H,9-10H2,1H3. The average Bonchev–Trinajstić information content (AvgIpc) is 2.42. The molecule has 0 N–H and O–H groups in total. The number of Topliss-reactive ketones (excluding diaryl/α,β-unsaturated/α-hetero) is 1. The summed E-state index contributed by atoms with van der Waals surface area (Å²) in [6, 6.07) is 8.71. The molecule has 0 amide bonds. The highest BCUT2D eigenvalue weighted by Gasteiger charge is 2.12. The van der Waals surface area contributed by atoms with Crippen molar-refractivity contribution in [2.45, 2.75) is 6.54 Å². The molecule has 0 aliphatic carbocycles. The second-order valence-electron chi connectivity index (χ2n) is 4.55. The van der Waals surface area contributed by atoms with Gasteiger partial charge in [0.15, 0.2) is 17.4 Å². The van der Waals surface area contributed by atoms with E-state index in [1.165, 1.54) is 6.07 Å². The van der Waals surface area contributed by atoms with Crippen LogP contribution in [0, 0.1) is 11.6 Å². The van der Waals surface area contributed by atoms with Crippen LogP contribution in [0.15, 0.2) is 42.6 Å². The summed E-state index contributed by atoms with van der Waals surface area (Å²) < 4.78 is 25.9. The Balaban J connectivity index is 1.98. The molecule has 20 heavy (non-hydrogen) atoms. The first kappa shape index (κ1) is 14.3. The first-order chi connectivity index (χ1) is 9.56. The highest BCUT2D eigenvalue weighted by atomic mass is 19.2. The fourth-order valence-corrected chi connectivity index (χ4v) is 1.83. The van der Waals surface area contributed by atoms with Crippen LogP contribution in [0.5, 0.6) is 0 Å². The van der Waals surface area contributed by atoms with Gasteiger partial charge in [-0.1, -0.05) is 6.07 Å². The Morgan fingerprint density at radius 2 is 2.00 bits per heavy atom. The predicted molar refractivity (Wildman–Crippen MR) is 71.3 cm³/mol. The van der Waals surface area contributed by atoms with E-state index in [0.29, 0.717) is 6.54 Å². The van der Waals surface area contributed by atoms with Crippen molar-refractivity contribution in [2.75, 3.05) is 13.6 Å². The summed E-state index contributed by atoms with van der Waals surface area (Å²) in [4.78, 5) is 17.9. The molecule has 1 aromatic heterocycles. The fourth-order valence-electron chi connectivity index (χ4n) is 1.83. The largest absolute Gasteiger partial charge is 0.293 e. The van der Waals surface area contributed by atoms with Crippen molar-refractivity contribution in [1.82, 2.24) is 9.88 Å². The van der Waals surface area contributed by atoms with Crippen LogP contribution in [-0.2, 0) is 6.54 Å². The normalized spacial score (nSPS) is 10.8. The van der Waals surface area contributed by atoms with Crippen molar-refractivity contribution in [1.29, 1.82) is 0 Å². The smallest absolute Gasteiger partial charge is 0.176 e. The van der Waals surface area contributed by atoms with Crippen molar-refractivity contribution in [2.24, 2.45) is 0 Å². The molecule has 0 aliphatic heterocycles. The van der Waals surface area contributed by atoms with Crippen molar-refractivity contribution >= 4 is 5.78 Å². The molecule has 0 spiro atoms. The molecule has 0 aliphatic rings. The van der Waals surface area contributed by atoms with Crippen molar-refractivity contribution in [3.8, 4) is 0 Å². The third-order valence-corrected chi connectivity index (χ3v) is 2.81. The molecule has 5 heteroatoms. The van der Waals surface area contributed by atoms with Crippen LogP contribution < -0.4 is 0 Å². The number of hydrogen-bond acceptors (Lipinski definition) is 3. The number of carbonyl (C=O) groups excluding carboxylic acids is 1. The minimum atomic E-state index is -1.01. The number of ketones is 1. The minimum Gasteiger partial charge on any atom is -0.293 e. The van der Waals surface area contributed by atoms with E-state index in [-0.39, 0.29) is 17.9 Å². The number of nitrogens with zero attached hydrogens (tertiary/aromatic N) is 2. The van der Waals surface area contributed by atoms with E-state index in [4.69, 9.17) is 0 Å². The van der Waals surface area contributed by atoms with Crippen LogP contribution in [-0.4, -0.2) is 29.3 Å². The van der Waals surface area contributed by atoms with Gasteiger partial charge in [0.05, 0.1) is 12.2 Å². The summed E-state index contributed by atoms with van der Waals surface area (Å²) >= 11 is 0. The van der Waals surface area contributed by atoms with Crippen LogP contribution in [0.2, 0.25) is 0 Å². The maximum atomic E-state index is 13.1. The second-order valence-corrected chi connectivity index (χ2v) is 4.55. The summed E-state index contributed by atoms with van der Waals surface area (Å²) in [5.41, 5.74) is 1.00. The van der Waals surface area contributed by atoms with Gasteiger partial charge in [-0.3, -0.25) is 14.7 Å².